The second-order valence-electron chi connectivity index (χ2n) is 5.48. The summed E-state index contributed by atoms with van der Waals surface area (Å²) in [5.74, 6) is -0.584. The molecule has 1 saturated heterocycles. The van der Waals surface area contributed by atoms with Gasteiger partial charge in [0.2, 0.25) is 0 Å². The highest BCUT2D eigenvalue weighted by Crippen LogP contribution is 2.47. The zero-order chi connectivity index (χ0) is 14.2. The highest BCUT2D eigenvalue weighted by molar-refractivity contribution is 5.42. The molecule has 5 nitrogen and oxygen atoms in total. The third-order valence-electron chi connectivity index (χ3n) is 4.10. The molecule has 1 aromatic rings. The Morgan fingerprint density at radius 1 is 1.20 bits per heavy atom. The van der Waals surface area contributed by atoms with Crippen LogP contribution in [0, 0.1) is 17.0 Å². The Morgan fingerprint density at radius 2 is 1.90 bits per heavy atom. The molecule has 3 rings (SSSR count). The molecule has 2 aliphatic rings. The maximum absolute atomic E-state index is 11.1. The Kier molecular flexibility index (Phi) is 3.48. The van der Waals surface area contributed by atoms with Gasteiger partial charge in [-0.2, -0.15) is 0 Å². The maximum Gasteiger partial charge on any atom is 0.275 e. The molecule has 0 N–H and O–H groups in total. The van der Waals surface area contributed by atoms with Crippen molar-refractivity contribution in [2.24, 2.45) is 0 Å². The lowest BCUT2D eigenvalue weighted by Crippen LogP contribution is -2.33. The summed E-state index contributed by atoms with van der Waals surface area (Å²) in [5, 5.41) is 11.1. The number of ether oxygens (including phenoxy) is 2. The predicted octanol–water partition coefficient (Wildman–Crippen LogP) is 3.55. The fourth-order valence-electron chi connectivity index (χ4n) is 3.16. The Bertz CT molecular complexity index is 510. The maximum atomic E-state index is 11.1. The first-order valence-corrected chi connectivity index (χ1v) is 7.03. The molecule has 2 atom stereocenters. The highest BCUT2D eigenvalue weighted by Gasteiger charge is 2.48. The van der Waals surface area contributed by atoms with Crippen molar-refractivity contribution in [3.8, 4) is 0 Å². The molecular weight excluding hydrogens is 258 g/mol. The van der Waals surface area contributed by atoms with Crippen LogP contribution in [0.15, 0.2) is 24.3 Å². The Hall–Kier alpha value is -1.46. The van der Waals surface area contributed by atoms with E-state index in [9.17, 15) is 10.1 Å². The van der Waals surface area contributed by atoms with Gasteiger partial charge in [0.15, 0.2) is 5.79 Å². The van der Waals surface area contributed by atoms with E-state index in [1.165, 1.54) is 12.5 Å². The minimum absolute atomic E-state index is 0.0719. The molecule has 1 aromatic carbocycles. The molecule has 1 aliphatic carbocycles. The van der Waals surface area contributed by atoms with Crippen LogP contribution in [-0.2, 0) is 9.47 Å². The summed E-state index contributed by atoms with van der Waals surface area (Å²) in [6.07, 6.45) is 4.13. The zero-order valence-corrected chi connectivity index (χ0v) is 11.3. The fraction of sp³-hybridized carbons (Fsp3) is 0.533. The summed E-state index contributed by atoms with van der Waals surface area (Å²) in [6.45, 7) is 3.98. The lowest BCUT2D eigenvalue weighted by atomic mass is 9.94. The molecule has 0 unspecified atom stereocenters. The van der Waals surface area contributed by atoms with Crippen molar-refractivity contribution in [2.75, 3.05) is 0 Å². The van der Waals surface area contributed by atoms with E-state index in [-0.39, 0.29) is 10.6 Å². The molecule has 1 radical (unpaired) electrons. The number of nitro benzene ring substituents is 1. The third-order valence-corrected chi connectivity index (χ3v) is 4.10. The largest absolute Gasteiger partial charge is 0.344 e. The van der Waals surface area contributed by atoms with E-state index >= 15 is 0 Å². The second kappa shape index (κ2) is 5.14. The van der Waals surface area contributed by atoms with Crippen molar-refractivity contribution < 1.29 is 14.4 Å². The van der Waals surface area contributed by atoms with Crippen LogP contribution in [0.3, 0.4) is 0 Å². The van der Waals surface area contributed by atoms with Gasteiger partial charge in [0.05, 0.1) is 16.6 Å². The average molecular weight is 276 g/mol. The van der Waals surface area contributed by atoms with E-state index in [4.69, 9.17) is 9.47 Å². The summed E-state index contributed by atoms with van der Waals surface area (Å²) in [6, 6.07) is 6.67. The van der Waals surface area contributed by atoms with Gasteiger partial charge in [0, 0.05) is 18.9 Å². The van der Waals surface area contributed by atoms with Crippen molar-refractivity contribution >= 4 is 5.69 Å². The van der Waals surface area contributed by atoms with Crippen molar-refractivity contribution in [3.05, 3.63) is 46.9 Å². The minimum Gasteiger partial charge on any atom is -0.344 e. The Labute approximate surface area is 118 Å². The SMILES string of the molecule is [CH2][C@H]1OC2(CCCCC2)O[C@@H]1c1ccccc1[N+](=O)[O-]. The van der Waals surface area contributed by atoms with Gasteiger partial charge in [-0.15, -0.1) is 0 Å². The summed E-state index contributed by atoms with van der Waals surface area (Å²) in [4.78, 5) is 10.8. The van der Waals surface area contributed by atoms with E-state index in [1.807, 2.05) is 0 Å². The lowest BCUT2D eigenvalue weighted by Gasteiger charge is -2.31. The van der Waals surface area contributed by atoms with Crippen molar-refractivity contribution in [3.63, 3.8) is 0 Å². The van der Waals surface area contributed by atoms with Gasteiger partial charge >= 0.3 is 0 Å². The van der Waals surface area contributed by atoms with Crippen LogP contribution in [0.25, 0.3) is 0 Å². The van der Waals surface area contributed by atoms with Gasteiger partial charge < -0.3 is 9.47 Å². The van der Waals surface area contributed by atoms with Crippen LogP contribution in [-0.4, -0.2) is 16.8 Å². The van der Waals surface area contributed by atoms with Crippen LogP contribution < -0.4 is 0 Å². The molecule has 2 fully saturated rings. The molecular formula is C15H18NO4. The standard InChI is InChI=1S/C15H18NO4/c1-11-14(12-7-3-4-8-13(12)16(17)18)20-15(19-11)9-5-2-6-10-15/h3-4,7-8,11,14H,1-2,5-6,9-10H2/t11-,14+/m1/s1. The molecule has 1 heterocycles. The van der Waals surface area contributed by atoms with E-state index in [2.05, 4.69) is 6.92 Å². The molecule has 1 aliphatic heterocycles. The summed E-state index contributed by atoms with van der Waals surface area (Å²) >= 11 is 0. The molecule has 1 saturated carbocycles. The summed E-state index contributed by atoms with van der Waals surface area (Å²) in [5.41, 5.74) is 0.627. The molecule has 1 spiro atoms. The molecule has 0 bridgehead atoms. The Morgan fingerprint density at radius 3 is 2.60 bits per heavy atom. The van der Waals surface area contributed by atoms with Crippen LogP contribution >= 0.6 is 0 Å². The number of rotatable bonds is 2. The molecule has 5 heteroatoms. The van der Waals surface area contributed by atoms with Crippen LogP contribution in [0.4, 0.5) is 5.69 Å². The van der Waals surface area contributed by atoms with Gasteiger partial charge in [-0.25, -0.2) is 0 Å². The number of hydrogen-bond donors (Lipinski definition) is 0. The van der Waals surface area contributed by atoms with Gasteiger partial charge in [-0.1, -0.05) is 18.6 Å². The van der Waals surface area contributed by atoms with Crippen molar-refractivity contribution in [2.45, 2.75) is 50.1 Å². The normalized spacial score (nSPS) is 28.6. The first-order valence-electron chi connectivity index (χ1n) is 7.03. The average Bonchev–Trinajstić information content (AvgIpc) is 2.76. The number of nitrogens with zero attached hydrogens (tertiary/aromatic N) is 1. The topological polar surface area (TPSA) is 61.6 Å². The number of nitro groups is 1. The molecule has 0 amide bonds. The van der Waals surface area contributed by atoms with Gasteiger partial charge in [0.1, 0.15) is 6.10 Å². The number of para-hydroxylation sites is 1. The van der Waals surface area contributed by atoms with Crippen LogP contribution in [0.1, 0.15) is 43.8 Å². The monoisotopic (exact) mass is 276 g/mol. The summed E-state index contributed by atoms with van der Waals surface area (Å²) in [7, 11) is 0. The fourth-order valence-corrected chi connectivity index (χ4v) is 3.16. The highest BCUT2D eigenvalue weighted by atomic mass is 16.8. The van der Waals surface area contributed by atoms with Gasteiger partial charge in [0.25, 0.3) is 5.69 Å². The molecule has 0 aromatic heterocycles. The first-order chi connectivity index (χ1) is 9.61. The van der Waals surface area contributed by atoms with E-state index < -0.39 is 18.0 Å². The van der Waals surface area contributed by atoms with Crippen LogP contribution in [0.2, 0.25) is 0 Å². The van der Waals surface area contributed by atoms with Crippen molar-refractivity contribution in [1.82, 2.24) is 0 Å². The van der Waals surface area contributed by atoms with Gasteiger partial charge in [-0.3, -0.25) is 10.1 Å². The minimum atomic E-state index is -0.584. The zero-order valence-electron chi connectivity index (χ0n) is 11.3. The van der Waals surface area contributed by atoms with E-state index in [1.54, 1.807) is 18.2 Å². The van der Waals surface area contributed by atoms with Crippen molar-refractivity contribution in [1.29, 1.82) is 0 Å². The lowest BCUT2D eigenvalue weighted by molar-refractivity contribution is -0.386. The van der Waals surface area contributed by atoms with E-state index in [0.29, 0.717) is 5.56 Å². The van der Waals surface area contributed by atoms with Crippen LogP contribution in [0.5, 0.6) is 0 Å². The number of hydrogen-bond acceptors (Lipinski definition) is 4. The third kappa shape index (κ3) is 2.31. The van der Waals surface area contributed by atoms with E-state index in [0.717, 1.165) is 25.7 Å². The van der Waals surface area contributed by atoms with Gasteiger partial charge in [-0.05, 0) is 25.8 Å². The second-order valence-corrected chi connectivity index (χ2v) is 5.48. The number of benzene rings is 1. The predicted molar refractivity (Wildman–Crippen MR) is 73.0 cm³/mol. The smallest absolute Gasteiger partial charge is 0.275 e. The quantitative estimate of drug-likeness (QED) is 0.612. The molecule has 20 heavy (non-hydrogen) atoms. The first kappa shape index (κ1) is 13.5. The molecule has 107 valence electrons. The Balaban J connectivity index is 1.89. The summed E-state index contributed by atoms with van der Waals surface area (Å²) < 4.78 is 12.0.